The molecule has 5 rings (SSSR count). The highest BCUT2D eigenvalue weighted by atomic mass is 32.2. The minimum atomic E-state index is -0.452. The Bertz CT molecular complexity index is 885. The average Bonchev–Trinajstić information content (AvgIpc) is 3.28. The Morgan fingerprint density at radius 2 is 1.62 bits per heavy atom. The first-order chi connectivity index (χ1) is 15.3. The van der Waals surface area contributed by atoms with E-state index >= 15 is 0 Å². The Hall–Kier alpha value is -1.93. The Kier molecular flexibility index (Phi) is 5.78. The Morgan fingerprint density at radius 1 is 1.00 bits per heavy atom. The first kappa shape index (κ1) is 21.9. The third kappa shape index (κ3) is 4.44. The van der Waals surface area contributed by atoms with Crippen LogP contribution in [0, 0.1) is 0 Å². The van der Waals surface area contributed by atoms with E-state index in [2.05, 4.69) is 21.0 Å². The van der Waals surface area contributed by atoms with Gasteiger partial charge in [0.15, 0.2) is 0 Å². The highest BCUT2D eigenvalue weighted by Gasteiger charge is 2.42. The summed E-state index contributed by atoms with van der Waals surface area (Å²) in [6.07, 6.45) is 6.57. The van der Waals surface area contributed by atoms with Gasteiger partial charge in [-0.1, -0.05) is 6.07 Å². The van der Waals surface area contributed by atoms with Gasteiger partial charge in [-0.25, -0.2) is 9.59 Å². The summed E-state index contributed by atoms with van der Waals surface area (Å²) in [5.41, 5.74) is 6.23. The van der Waals surface area contributed by atoms with Gasteiger partial charge in [0.25, 0.3) is 0 Å². The van der Waals surface area contributed by atoms with Crippen LogP contribution in [0.1, 0.15) is 55.9 Å². The van der Waals surface area contributed by atoms with E-state index in [1.54, 1.807) is 4.90 Å². The lowest BCUT2D eigenvalue weighted by atomic mass is 9.99. The molecule has 3 amide bonds. The number of hydrogen-bond acceptors (Lipinski definition) is 5. The summed E-state index contributed by atoms with van der Waals surface area (Å²) >= 11 is 1.52. The topological polar surface area (TPSA) is 73.9 Å². The number of fused-ring (bicyclic) bond motifs is 2. The van der Waals surface area contributed by atoms with E-state index in [-0.39, 0.29) is 12.1 Å². The molecule has 7 nitrogen and oxygen atoms in total. The van der Waals surface area contributed by atoms with E-state index in [4.69, 9.17) is 4.74 Å². The zero-order chi connectivity index (χ0) is 22.5. The normalized spacial score (nSPS) is 20.9. The van der Waals surface area contributed by atoms with Crippen molar-refractivity contribution in [3.63, 3.8) is 0 Å². The number of nitrogens with one attached hydrogen (secondary N) is 2. The molecule has 174 valence electrons. The fraction of sp³-hybridized carbons (Fsp3) is 0.667. The van der Waals surface area contributed by atoms with Gasteiger partial charge in [-0.15, -0.1) is 0 Å². The number of anilines is 1. The lowest BCUT2D eigenvalue weighted by Gasteiger charge is -2.51. The molecule has 8 heteroatoms. The number of rotatable bonds is 4. The van der Waals surface area contributed by atoms with Crippen LogP contribution in [0.2, 0.25) is 0 Å². The Balaban J connectivity index is 1.05. The van der Waals surface area contributed by atoms with Crippen LogP contribution in [0.4, 0.5) is 15.3 Å². The van der Waals surface area contributed by atoms with Gasteiger partial charge in [0, 0.05) is 37.9 Å². The van der Waals surface area contributed by atoms with E-state index < -0.39 is 5.60 Å². The highest BCUT2D eigenvalue weighted by molar-refractivity contribution is 7.98. The minimum absolute atomic E-state index is 0.109. The summed E-state index contributed by atoms with van der Waals surface area (Å²) in [6, 6.07) is 2.68. The van der Waals surface area contributed by atoms with Gasteiger partial charge in [-0.3, -0.25) is 9.62 Å². The van der Waals surface area contributed by atoms with Crippen molar-refractivity contribution >= 4 is 29.8 Å². The van der Waals surface area contributed by atoms with E-state index in [1.807, 2.05) is 20.8 Å². The zero-order valence-electron chi connectivity index (χ0n) is 19.3. The van der Waals surface area contributed by atoms with Crippen LogP contribution in [-0.2, 0) is 30.4 Å². The van der Waals surface area contributed by atoms with Crippen LogP contribution in [0.25, 0.3) is 0 Å². The molecule has 0 bridgehead atoms. The van der Waals surface area contributed by atoms with E-state index in [9.17, 15) is 9.59 Å². The number of carbonyl (C=O) groups excluding carboxylic acids is 2. The van der Waals surface area contributed by atoms with Crippen LogP contribution in [0.3, 0.4) is 0 Å². The fourth-order valence-electron chi connectivity index (χ4n) is 5.25. The number of carbonyl (C=O) groups is 2. The molecule has 0 spiro atoms. The van der Waals surface area contributed by atoms with Crippen molar-refractivity contribution in [3.05, 3.63) is 28.3 Å². The minimum Gasteiger partial charge on any atom is -0.444 e. The van der Waals surface area contributed by atoms with Crippen LogP contribution in [0.5, 0.6) is 0 Å². The molecule has 2 aliphatic carbocycles. The molecule has 2 saturated heterocycles. The van der Waals surface area contributed by atoms with Gasteiger partial charge in [-0.2, -0.15) is 0 Å². The standard InChI is InChI=1S/C24H34N4O3S/c1-24(2,3)31-23(30)28-11-17(12-28)27-13-18(14-27)32-26-22(29)25-21-19-8-4-6-15(19)10-16-7-5-9-20(16)21/h10,17-18H,4-9,11-14H2,1-3H3,(H2,25,26,29). The highest BCUT2D eigenvalue weighted by Crippen LogP contribution is 2.38. The SMILES string of the molecule is CC(C)(C)OC(=O)N1CC(N2CC(SNC(=O)Nc3c4c(cc5c3CCC5)CCC4)C2)C1. The smallest absolute Gasteiger partial charge is 0.410 e. The molecule has 2 N–H and O–H groups in total. The molecule has 0 aromatic heterocycles. The first-order valence-electron chi connectivity index (χ1n) is 11.9. The van der Waals surface area contributed by atoms with Gasteiger partial charge in [0.2, 0.25) is 0 Å². The van der Waals surface area contributed by atoms with Crippen LogP contribution in [0.15, 0.2) is 6.07 Å². The lowest BCUT2D eigenvalue weighted by molar-refractivity contribution is -0.0268. The monoisotopic (exact) mass is 458 g/mol. The molecule has 2 fully saturated rings. The number of hydrogen-bond donors (Lipinski definition) is 2. The average molecular weight is 459 g/mol. The molecular weight excluding hydrogens is 424 g/mol. The number of ether oxygens (including phenoxy) is 1. The van der Waals surface area contributed by atoms with Crippen molar-refractivity contribution in [2.75, 3.05) is 31.5 Å². The van der Waals surface area contributed by atoms with Gasteiger partial charge >= 0.3 is 12.1 Å². The number of amides is 3. The summed E-state index contributed by atoms with van der Waals surface area (Å²) in [5, 5.41) is 3.59. The van der Waals surface area contributed by atoms with E-state index in [1.165, 1.54) is 47.0 Å². The fourth-order valence-corrected chi connectivity index (χ4v) is 6.10. The molecule has 4 aliphatic rings. The number of nitrogens with zero attached hydrogens (tertiary/aromatic N) is 2. The quantitative estimate of drug-likeness (QED) is 0.673. The maximum atomic E-state index is 12.7. The molecule has 0 saturated carbocycles. The second-order valence-electron chi connectivity index (χ2n) is 10.5. The molecule has 1 aromatic carbocycles. The maximum absolute atomic E-state index is 12.7. The summed E-state index contributed by atoms with van der Waals surface area (Å²) < 4.78 is 8.44. The van der Waals surface area contributed by atoms with Crippen LogP contribution < -0.4 is 10.0 Å². The molecular formula is C24H34N4O3S. The van der Waals surface area contributed by atoms with Crippen molar-refractivity contribution in [2.45, 2.75) is 76.2 Å². The molecule has 1 aromatic rings. The van der Waals surface area contributed by atoms with E-state index in [0.29, 0.717) is 11.3 Å². The number of urea groups is 1. The van der Waals surface area contributed by atoms with Crippen LogP contribution >= 0.6 is 11.9 Å². The second-order valence-corrected chi connectivity index (χ2v) is 11.6. The van der Waals surface area contributed by atoms with Crippen molar-refractivity contribution in [3.8, 4) is 0 Å². The maximum Gasteiger partial charge on any atom is 0.410 e. The lowest BCUT2D eigenvalue weighted by Crippen LogP contribution is -2.67. The van der Waals surface area contributed by atoms with Crippen molar-refractivity contribution in [1.29, 1.82) is 0 Å². The molecule has 0 radical (unpaired) electrons. The Labute approximate surface area is 194 Å². The summed E-state index contributed by atoms with van der Waals surface area (Å²) in [4.78, 5) is 28.9. The number of benzene rings is 1. The zero-order valence-corrected chi connectivity index (χ0v) is 20.1. The third-order valence-electron chi connectivity index (χ3n) is 6.94. The van der Waals surface area contributed by atoms with E-state index in [0.717, 1.165) is 57.5 Å². The van der Waals surface area contributed by atoms with Gasteiger partial charge in [0.1, 0.15) is 5.60 Å². The van der Waals surface area contributed by atoms with Crippen molar-refractivity contribution < 1.29 is 14.3 Å². The molecule has 0 atom stereocenters. The van der Waals surface area contributed by atoms with Gasteiger partial charge in [0.05, 0.1) is 5.25 Å². The molecule has 2 heterocycles. The van der Waals surface area contributed by atoms with Crippen molar-refractivity contribution in [1.82, 2.24) is 14.5 Å². The summed E-state index contributed by atoms with van der Waals surface area (Å²) in [7, 11) is 0. The summed E-state index contributed by atoms with van der Waals surface area (Å²) in [6.45, 7) is 9.00. The van der Waals surface area contributed by atoms with Crippen molar-refractivity contribution in [2.24, 2.45) is 0 Å². The molecule has 32 heavy (non-hydrogen) atoms. The number of aryl methyl sites for hydroxylation is 2. The van der Waals surface area contributed by atoms with Gasteiger partial charge < -0.3 is 15.0 Å². The number of likely N-dealkylation sites (tertiary alicyclic amines) is 2. The third-order valence-corrected chi connectivity index (χ3v) is 7.87. The second kappa shape index (κ2) is 8.45. The predicted molar refractivity (Wildman–Crippen MR) is 127 cm³/mol. The molecule has 2 aliphatic heterocycles. The molecule has 0 unspecified atom stereocenters. The largest absolute Gasteiger partial charge is 0.444 e. The predicted octanol–water partition coefficient (Wildman–Crippen LogP) is 3.74. The van der Waals surface area contributed by atoms with Gasteiger partial charge in [-0.05, 0) is 93.5 Å². The Morgan fingerprint density at radius 3 is 2.22 bits per heavy atom. The summed E-state index contributed by atoms with van der Waals surface area (Å²) in [5.74, 6) is 0. The van der Waals surface area contributed by atoms with Crippen LogP contribution in [-0.4, -0.2) is 65.0 Å². The first-order valence-corrected chi connectivity index (χ1v) is 12.8.